The third-order valence-electron chi connectivity index (χ3n) is 6.55. The second kappa shape index (κ2) is 8.23. The first kappa shape index (κ1) is 23.9. The predicted molar refractivity (Wildman–Crippen MR) is 116 cm³/mol. The summed E-state index contributed by atoms with van der Waals surface area (Å²) >= 11 is 5.77. The van der Waals surface area contributed by atoms with Gasteiger partial charge >= 0.3 is 6.09 Å². The number of aryl methyl sites for hydroxylation is 1. The maximum absolute atomic E-state index is 13.6. The lowest BCUT2D eigenvalue weighted by molar-refractivity contribution is -0.180. The fourth-order valence-electron chi connectivity index (χ4n) is 5.01. The Bertz CT molecular complexity index is 1190. The van der Waals surface area contributed by atoms with Crippen LogP contribution in [-0.2, 0) is 18.3 Å². The molecule has 1 fully saturated rings. The van der Waals surface area contributed by atoms with Crippen molar-refractivity contribution in [2.24, 2.45) is 18.2 Å². The number of benzene rings is 1. The normalized spacial score (nSPS) is 19.7. The fourth-order valence-corrected chi connectivity index (χ4v) is 5.19. The molecule has 182 valence electrons. The number of carbonyl (C=O) groups is 3. The Balaban J connectivity index is 1.60. The van der Waals surface area contributed by atoms with E-state index in [0.717, 1.165) is 11.0 Å². The minimum atomic E-state index is -3.07. The van der Waals surface area contributed by atoms with Gasteiger partial charge < -0.3 is 25.6 Å². The van der Waals surface area contributed by atoms with Crippen molar-refractivity contribution in [3.8, 4) is 0 Å². The summed E-state index contributed by atoms with van der Waals surface area (Å²) in [5.41, 5.74) is 5.46. The molecule has 2 aromatic rings. The average molecular weight is 499 g/mol. The van der Waals surface area contributed by atoms with Gasteiger partial charge in [0.05, 0.1) is 16.5 Å². The summed E-state index contributed by atoms with van der Waals surface area (Å²) < 4.78 is 42.1. The Morgan fingerprint density at radius 2 is 2.00 bits per heavy atom. The van der Waals surface area contributed by atoms with Gasteiger partial charge in [-0.1, -0.05) is 11.6 Å². The van der Waals surface area contributed by atoms with E-state index >= 15 is 0 Å². The average Bonchev–Trinajstić information content (AvgIpc) is 3.24. The molecule has 0 radical (unpaired) electrons. The molecule has 0 spiro atoms. The molecule has 12 heteroatoms. The largest absolute Gasteiger partial charge is 0.465 e. The van der Waals surface area contributed by atoms with Crippen LogP contribution in [0.4, 0.5) is 23.7 Å². The predicted octanol–water partition coefficient (Wildman–Crippen LogP) is 3.94. The molecular weight excluding hydrogens is 477 g/mol. The number of fused-ring (bicyclic) bond motifs is 1. The van der Waals surface area contributed by atoms with Crippen molar-refractivity contribution in [1.82, 2.24) is 9.47 Å². The van der Waals surface area contributed by atoms with Gasteiger partial charge in [0.25, 0.3) is 5.91 Å². The molecule has 0 saturated heterocycles. The summed E-state index contributed by atoms with van der Waals surface area (Å²) in [5.74, 6) is -5.16. The maximum Gasteiger partial charge on any atom is 0.407 e. The lowest BCUT2D eigenvalue weighted by Gasteiger charge is -2.47. The quantitative estimate of drug-likeness (QED) is 0.559. The number of nitrogens with one attached hydrogen (secondary N) is 1. The molecule has 1 saturated carbocycles. The SMILES string of the molecule is Cn1cc2c(c1C(=O)Nc1ccc(F)c(Cl)c1)CCC2N(CC1(C(N)=O)CC(F)(F)C1)C(=O)O. The van der Waals surface area contributed by atoms with Gasteiger partial charge in [-0.05, 0) is 42.2 Å². The van der Waals surface area contributed by atoms with Crippen LogP contribution in [0.3, 0.4) is 0 Å². The number of primary amides is 1. The fraction of sp³-hybridized carbons (Fsp3) is 0.409. The lowest BCUT2D eigenvalue weighted by atomic mass is 9.65. The van der Waals surface area contributed by atoms with E-state index in [9.17, 15) is 32.7 Å². The van der Waals surface area contributed by atoms with E-state index in [1.54, 1.807) is 17.8 Å². The van der Waals surface area contributed by atoms with Crippen LogP contribution in [0.15, 0.2) is 24.4 Å². The number of carboxylic acid groups (broad SMARTS) is 1. The number of nitrogens with two attached hydrogens (primary N) is 1. The van der Waals surface area contributed by atoms with Crippen LogP contribution in [-0.4, -0.2) is 44.9 Å². The minimum absolute atomic E-state index is 0.156. The molecule has 34 heavy (non-hydrogen) atoms. The highest BCUT2D eigenvalue weighted by Crippen LogP contribution is 2.53. The van der Waals surface area contributed by atoms with Crippen molar-refractivity contribution >= 4 is 35.2 Å². The summed E-state index contributed by atoms with van der Waals surface area (Å²) in [5, 5.41) is 12.3. The Morgan fingerprint density at radius 1 is 1.32 bits per heavy atom. The number of hydrogen-bond donors (Lipinski definition) is 3. The number of nitrogens with zero attached hydrogens (tertiary/aromatic N) is 2. The van der Waals surface area contributed by atoms with Crippen molar-refractivity contribution in [3.05, 3.63) is 52.1 Å². The van der Waals surface area contributed by atoms with E-state index in [-0.39, 0.29) is 16.4 Å². The highest BCUT2D eigenvalue weighted by molar-refractivity contribution is 6.31. The van der Waals surface area contributed by atoms with E-state index in [1.165, 1.54) is 12.1 Å². The van der Waals surface area contributed by atoms with Gasteiger partial charge in [0.2, 0.25) is 11.8 Å². The van der Waals surface area contributed by atoms with Crippen LogP contribution in [0.2, 0.25) is 5.02 Å². The Hall–Kier alpha value is -3.21. The van der Waals surface area contributed by atoms with Crippen LogP contribution in [0.5, 0.6) is 0 Å². The van der Waals surface area contributed by atoms with Gasteiger partial charge in [-0.3, -0.25) is 9.59 Å². The number of rotatable bonds is 6. The zero-order chi connectivity index (χ0) is 25.0. The van der Waals surface area contributed by atoms with Gasteiger partial charge in [-0.25, -0.2) is 18.0 Å². The lowest BCUT2D eigenvalue weighted by Crippen LogP contribution is -2.59. The molecule has 0 aliphatic heterocycles. The molecule has 1 heterocycles. The highest BCUT2D eigenvalue weighted by Gasteiger charge is 2.61. The molecule has 1 atom stereocenters. The molecule has 4 rings (SSSR count). The van der Waals surface area contributed by atoms with E-state index in [2.05, 4.69) is 5.32 Å². The summed E-state index contributed by atoms with van der Waals surface area (Å²) in [6, 6.07) is 3.01. The van der Waals surface area contributed by atoms with Crippen molar-refractivity contribution in [1.29, 1.82) is 0 Å². The topological polar surface area (TPSA) is 118 Å². The Labute approximate surface area is 197 Å². The van der Waals surface area contributed by atoms with E-state index < -0.39 is 60.5 Å². The van der Waals surface area contributed by atoms with Crippen molar-refractivity contribution < 1.29 is 32.7 Å². The molecule has 1 aromatic carbocycles. The van der Waals surface area contributed by atoms with Crippen LogP contribution in [0.1, 0.15) is 46.9 Å². The molecule has 4 N–H and O–H groups in total. The van der Waals surface area contributed by atoms with Crippen molar-refractivity contribution in [2.45, 2.75) is 37.6 Å². The molecule has 1 unspecified atom stereocenters. The zero-order valence-electron chi connectivity index (χ0n) is 18.1. The first-order valence-corrected chi connectivity index (χ1v) is 10.8. The maximum atomic E-state index is 13.6. The number of anilines is 1. The molecule has 2 aliphatic carbocycles. The van der Waals surface area contributed by atoms with Crippen LogP contribution in [0.25, 0.3) is 0 Å². The third-order valence-corrected chi connectivity index (χ3v) is 6.84. The summed E-state index contributed by atoms with van der Waals surface area (Å²) in [6.45, 7) is -0.456. The first-order valence-electron chi connectivity index (χ1n) is 10.5. The van der Waals surface area contributed by atoms with Crippen LogP contribution in [0, 0.1) is 11.2 Å². The third kappa shape index (κ3) is 4.08. The van der Waals surface area contributed by atoms with E-state index in [1.807, 2.05) is 0 Å². The van der Waals surface area contributed by atoms with Gasteiger partial charge in [0, 0.05) is 38.3 Å². The number of hydrogen-bond acceptors (Lipinski definition) is 3. The number of amides is 3. The van der Waals surface area contributed by atoms with Crippen molar-refractivity contribution in [3.63, 3.8) is 0 Å². The van der Waals surface area contributed by atoms with Crippen molar-refractivity contribution in [2.75, 3.05) is 11.9 Å². The second-order valence-corrected chi connectivity index (χ2v) is 9.33. The summed E-state index contributed by atoms with van der Waals surface area (Å²) in [6.07, 6.45) is -0.697. The number of aromatic nitrogens is 1. The Kier molecular flexibility index (Phi) is 5.79. The minimum Gasteiger partial charge on any atom is -0.465 e. The van der Waals surface area contributed by atoms with Gasteiger partial charge in [0.15, 0.2) is 0 Å². The molecule has 0 bridgehead atoms. The highest BCUT2D eigenvalue weighted by atomic mass is 35.5. The molecular formula is C22H22ClF3N4O4. The molecule has 1 aromatic heterocycles. The molecule has 8 nitrogen and oxygen atoms in total. The standard InChI is InChI=1S/C22H22ClF3N4O4/c1-29-7-13-12(17(29)18(31)28-11-2-4-15(24)14(23)6-11)3-5-16(13)30(20(33)34)10-21(19(27)32)8-22(25,26)9-21/h2,4,6-7,16H,3,5,8-10H2,1H3,(H2,27,32)(H,28,31)(H,33,34). The zero-order valence-corrected chi connectivity index (χ0v) is 18.8. The molecule has 2 aliphatic rings. The smallest absolute Gasteiger partial charge is 0.407 e. The number of carbonyl (C=O) groups excluding carboxylic acids is 2. The van der Waals surface area contributed by atoms with Gasteiger partial charge in [-0.15, -0.1) is 0 Å². The van der Waals surface area contributed by atoms with E-state index in [4.69, 9.17) is 17.3 Å². The number of alkyl halides is 2. The van der Waals surface area contributed by atoms with Gasteiger partial charge in [-0.2, -0.15) is 0 Å². The summed E-state index contributed by atoms with van der Waals surface area (Å²) in [4.78, 5) is 38.0. The first-order chi connectivity index (χ1) is 15.8. The van der Waals surface area contributed by atoms with E-state index in [0.29, 0.717) is 24.0 Å². The molecule has 3 amide bonds. The summed E-state index contributed by atoms with van der Waals surface area (Å²) in [7, 11) is 1.62. The second-order valence-electron chi connectivity index (χ2n) is 8.92. The number of halogens is 4. The van der Waals surface area contributed by atoms with Crippen LogP contribution >= 0.6 is 11.6 Å². The Morgan fingerprint density at radius 3 is 2.56 bits per heavy atom. The monoisotopic (exact) mass is 498 g/mol. The van der Waals surface area contributed by atoms with Crippen LogP contribution < -0.4 is 11.1 Å². The van der Waals surface area contributed by atoms with Gasteiger partial charge in [0.1, 0.15) is 11.5 Å².